The average molecular weight is 430 g/mol. The number of nitrogens with one attached hydrogen (secondary N) is 1. The Morgan fingerprint density at radius 2 is 1.62 bits per heavy atom. The van der Waals surface area contributed by atoms with Crippen molar-refractivity contribution in [1.29, 1.82) is 0 Å². The third-order valence-electron chi connectivity index (χ3n) is 4.58. The molecular formula is C24H25Cl2NO2. The summed E-state index contributed by atoms with van der Waals surface area (Å²) in [5, 5.41) is 4.76. The minimum absolute atomic E-state index is 0.228. The van der Waals surface area contributed by atoms with E-state index >= 15 is 0 Å². The fraction of sp³-hybridized carbons (Fsp3) is 0.250. The van der Waals surface area contributed by atoms with Crippen molar-refractivity contribution in [2.24, 2.45) is 0 Å². The molecule has 3 aromatic rings. The van der Waals surface area contributed by atoms with Crippen LogP contribution in [0, 0.1) is 0 Å². The molecule has 1 atom stereocenters. The zero-order valence-electron chi connectivity index (χ0n) is 16.6. The Labute approximate surface area is 182 Å². The molecule has 1 N–H and O–H groups in total. The maximum atomic E-state index is 6.54. The zero-order valence-corrected chi connectivity index (χ0v) is 18.1. The molecule has 0 radical (unpaired) electrons. The average Bonchev–Trinajstić information content (AvgIpc) is 2.73. The van der Waals surface area contributed by atoms with Crippen LogP contribution in [0.1, 0.15) is 36.6 Å². The van der Waals surface area contributed by atoms with Gasteiger partial charge in [0.2, 0.25) is 0 Å². The highest BCUT2D eigenvalue weighted by atomic mass is 35.5. The van der Waals surface area contributed by atoms with Crippen LogP contribution in [0.3, 0.4) is 0 Å². The van der Waals surface area contributed by atoms with E-state index in [1.54, 1.807) is 0 Å². The Morgan fingerprint density at radius 1 is 0.897 bits per heavy atom. The summed E-state index contributed by atoms with van der Waals surface area (Å²) in [4.78, 5) is 0. The smallest absolute Gasteiger partial charge is 0.180 e. The van der Waals surface area contributed by atoms with Gasteiger partial charge in [0.05, 0.1) is 11.6 Å². The molecule has 5 heteroatoms. The summed E-state index contributed by atoms with van der Waals surface area (Å²) in [6.07, 6.45) is 0. The third kappa shape index (κ3) is 6.14. The molecule has 0 aliphatic rings. The van der Waals surface area contributed by atoms with Gasteiger partial charge in [-0.2, -0.15) is 0 Å². The summed E-state index contributed by atoms with van der Waals surface area (Å²) in [6.45, 7) is 5.68. The van der Waals surface area contributed by atoms with Gasteiger partial charge in [-0.3, -0.25) is 0 Å². The lowest BCUT2D eigenvalue weighted by Gasteiger charge is -2.18. The molecule has 0 saturated carbocycles. The molecule has 0 spiro atoms. The normalized spacial score (nSPS) is 11.9. The Morgan fingerprint density at radius 3 is 2.31 bits per heavy atom. The predicted octanol–water partition coefficient (Wildman–Crippen LogP) is 6.82. The van der Waals surface area contributed by atoms with Gasteiger partial charge in [-0.1, -0.05) is 65.7 Å². The maximum Gasteiger partial charge on any atom is 0.180 e. The summed E-state index contributed by atoms with van der Waals surface area (Å²) >= 11 is 12.5. The largest absolute Gasteiger partial charge is 0.490 e. The maximum absolute atomic E-state index is 6.54. The van der Waals surface area contributed by atoms with Crippen molar-refractivity contribution in [1.82, 2.24) is 5.32 Å². The molecule has 152 valence electrons. The molecule has 0 amide bonds. The van der Waals surface area contributed by atoms with Gasteiger partial charge >= 0.3 is 0 Å². The van der Waals surface area contributed by atoms with Crippen molar-refractivity contribution in [2.45, 2.75) is 33.0 Å². The highest BCUT2D eigenvalue weighted by molar-refractivity contribution is 6.32. The van der Waals surface area contributed by atoms with E-state index < -0.39 is 0 Å². The molecule has 3 rings (SSSR count). The Balaban J connectivity index is 1.70. The van der Waals surface area contributed by atoms with Crippen molar-refractivity contribution in [2.75, 3.05) is 6.61 Å². The topological polar surface area (TPSA) is 30.5 Å². The van der Waals surface area contributed by atoms with Crippen molar-refractivity contribution >= 4 is 23.2 Å². The molecule has 0 saturated heterocycles. The van der Waals surface area contributed by atoms with E-state index in [2.05, 4.69) is 24.4 Å². The van der Waals surface area contributed by atoms with Crippen molar-refractivity contribution < 1.29 is 9.47 Å². The van der Waals surface area contributed by atoms with Gasteiger partial charge in [-0.15, -0.1) is 0 Å². The van der Waals surface area contributed by atoms with Gasteiger partial charge in [-0.25, -0.2) is 0 Å². The molecule has 0 bridgehead atoms. The van der Waals surface area contributed by atoms with Crippen LogP contribution in [-0.2, 0) is 13.2 Å². The summed E-state index contributed by atoms with van der Waals surface area (Å²) < 4.78 is 11.8. The summed E-state index contributed by atoms with van der Waals surface area (Å²) in [7, 11) is 0. The van der Waals surface area contributed by atoms with Crippen LogP contribution in [0.15, 0.2) is 66.7 Å². The lowest BCUT2D eigenvalue weighted by atomic mass is 10.1. The molecule has 3 nitrogen and oxygen atoms in total. The molecule has 0 aliphatic carbocycles. The van der Waals surface area contributed by atoms with Gasteiger partial charge < -0.3 is 14.8 Å². The number of rotatable bonds is 9. The highest BCUT2D eigenvalue weighted by Gasteiger charge is 2.14. The van der Waals surface area contributed by atoms with E-state index in [1.807, 2.05) is 61.5 Å². The second kappa shape index (κ2) is 10.5. The summed E-state index contributed by atoms with van der Waals surface area (Å²) in [5.74, 6) is 1.21. The molecule has 0 heterocycles. The predicted molar refractivity (Wildman–Crippen MR) is 120 cm³/mol. The quantitative estimate of drug-likeness (QED) is 0.404. The first-order valence-electron chi connectivity index (χ1n) is 9.67. The monoisotopic (exact) mass is 429 g/mol. The number of ether oxygens (including phenoxy) is 2. The Kier molecular flexibility index (Phi) is 7.82. The van der Waals surface area contributed by atoms with E-state index in [4.69, 9.17) is 32.7 Å². The van der Waals surface area contributed by atoms with Crippen LogP contribution >= 0.6 is 23.2 Å². The van der Waals surface area contributed by atoms with Gasteiger partial charge in [-0.05, 0) is 54.8 Å². The van der Waals surface area contributed by atoms with Gasteiger partial charge in [0.1, 0.15) is 6.61 Å². The first kappa shape index (κ1) is 21.5. The molecule has 0 fully saturated rings. The SMILES string of the molecule is CCOc1cc(CN[C@@H](C)c2ccccc2)cc(Cl)c1OCc1ccc(Cl)cc1. The fourth-order valence-electron chi connectivity index (χ4n) is 2.99. The second-order valence-corrected chi connectivity index (χ2v) is 7.61. The number of benzene rings is 3. The van der Waals surface area contributed by atoms with Crippen LogP contribution in [-0.4, -0.2) is 6.61 Å². The van der Waals surface area contributed by atoms with Crippen LogP contribution in [0.5, 0.6) is 11.5 Å². The van der Waals surface area contributed by atoms with E-state index in [-0.39, 0.29) is 6.04 Å². The lowest BCUT2D eigenvalue weighted by Crippen LogP contribution is -2.18. The minimum Gasteiger partial charge on any atom is -0.490 e. The summed E-state index contributed by atoms with van der Waals surface area (Å²) in [5.41, 5.74) is 3.29. The summed E-state index contributed by atoms with van der Waals surface area (Å²) in [6, 6.07) is 22.0. The molecule has 0 aromatic heterocycles. The number of halogens is 2. The standard InChI is InChI=1S/C24H25Cl2NO2/c1-3-28-23-14-19(15-27-17(2)20-7-5-4-6-8-20)13-22(26)24(23)29-16-18-9-11-21(25)12-10-18/h4-14,17,27H,3,15-16H2,1-2H3/t17-/m0/s1. The van der Waals surface area contributed by atoms with Crippen molar-refractivity contribution in [3.8, 4) is 11.5 Å². The highest BCUT2D eigenvalue weighted by Crippen LogP contribution is 2.37. The second-order valence-electron chi connectivity index (χ2n) is 6.77. The van der Waals surface area contributed by atoms with Crippen LogP contribution in [0.2, 0.25) is 10.0 Å². The lowest BCUT2D eigenvalue weighted by molar-refractivity contribution is 0.269. The first-order chi connectivity index (χ1) is 14.1. The van der Waals surface area contributed by atoms with Crippen LogP contribution < -0.4 is 14.8 Å². The minimum atomic E-state index is 0.228. The van der Waals surface area contributed by atoms with Crippen LogP contribution in [0.4, 0.5) is 0 Å². The van der Waals surface area contributed by atoms with E-state index in [0.717, 1.165) is 11.1 Å². The molecular weight excluding hydrogens is 405 g/mol. The zero-order chi connectivity index (χ0) is 20.6. The van der Waals surface area contributed by atoms with Gasteiger partial charge in [0, 0.05) is 17.6 Å². The first-order valence-corrected chi connectivity index (χ1v) is 10.4. The third-order valence-corrected chi connectivity index (χ3v) is 5.11. The van der Waals surface area contributed by atoms with Gasteiger partial charge in [0.25, 0.3) is 0 Å². The van der Waals surface area contributed by atoms with E-state index in [0.29, 0.717) is 41.3 Å². The van der Waals surface area contributed by atoms with Gasteiger partial charge in [0.15, 0.2) is 11.5 Å². The molecule has 0 aliphatic heterocycles. The van der Waals surface area contributed by atoms with Crippen molar-refractivity contribution in [3.63, 3.8) is 0 Å². The number of hydrogen-bond acceptors (Lipinski definition) is 3. The Hall–Kier alpha value is -2.20. The molecule has 3 aromatic carbocycles. The van der Waals surface area contributed by atoms with E-state index in [1.165, 1.54) is 5.56 Å². The van der Waals surface area contributed by atoms with Crippen LogP contribution in [0.25, 0.3) is 0 Å². The van der Waals surface area contributed by atoms with Crippen molar-refractivity contribution in [3.05, 3.63) is 93.5 Å². The molecule has 0 unspecified atom stereocenters. The Bertz CT molecular complexity index is 914. The number of hydrogen-bond donors (Lipinski definition) is 1. The fourth-order valence-corrected chi connectivity index (χ4v) is 3.41. The van der Waals surface area contributed by atoms with E-state index in [9.17, 15) is 0 Å². The molecule has 29 heavy (non-hydrogen) atoms.